The molecule has 1 aromatic rings. The van der Waals surface area contributed by atoms with E-state index in [0.717, 1.165) is 0 Å². The van der Waals surface area contributed by atoms with E-state index in [2.05, 4.69) is 5.32 Å². The van der Waals surface area contributed by atoms with Gasteiger partial charge in [-0.1, -0.05) is 0 Å². The topological polar surface area (TPSA) is 81.7 Å². The van der Waals surface area contributed by atoms with Gasteiger partial charge in [0.2, 0.25) is 6.29 Å². The van der Waals surface area contributed by atoms with E-state index in [0.29, 0.717) is 28.3 Å². The smallest absolute Gasteiger partial charge is 0.226 e. The number of rotatable bonds is 9. The molecule has 0 saturated carbocycles. The van der Waals surface area contributed by atoms with Crippen LogP contribution < -0.4 is 10.1 Å². The quantitative estimate of drug-likeness (QED) is 0.678. The molecule has 0 atom stereocenters. The lowest BCUT2D eigenvalue weighted by Crippen LogP contribution is -2.27. The van der Waals surface area contributed by atoms with Crippen molar-refractivity contribution >= 4 is 16.1 Å². The van der Waals surface area contributed by atoms with Crippen LogP contribution in [0.3, 0.4) is 0 Å². The molecule has 1 N–H and O–H groups in total. The monoisotopic (exact) mass is 314 g/mol. The largest absolute Gasteiger partial charge is 0.497 e. The van der Waals surface area contributed by atoms with Crippen LogP contribution in [0.2, 0.25) is 0 Å². The minimum absolute atomic E-state index is 0.106. The van der Waals surface area contributed by atoms with E-state index in [4.69, 9.17) is 9.47 Å². The molecule has 0 fully saturated rings. The van der Waals surface area contributed by atoms with E-state index in [-0.39, 0.29) is 19.1 Å². The van der Waals surface area contributed by atoms with Gasteiger partial charge in [-0.05, 0) is 37.1 Å². The molecule has 7 heteroatoms. The van der Waals surface area contributed by atoms with E-state index < -0.39 is 9.84 Å². The number of hydrogen-bond acceptors (Lipinski definition) is 6. The molecule has 0 amide bonds. The first-order valence-electron chi connectivity index (χ1n) is 6.44. The van der Waals surface area contributed by atoms with Crippen molar-refractivity contribution in [2.45, 2.75) is 18.7 Å². The minimum atomic E-state index is -3.44. The van der Waals surface area contributed by atoms with Gasteiger partial charge in [0.1, 0.15) is 18.2 Å². The van der Waals surface area contributed by atoms with Crippen LogP contribution >= 0.6 is 0 Å². The van der Waals surface area contributed by atoms with E-state index in [1.54, 1.807) is 39.4 Å². The molecule has 0 aliphatic heterocycles. The first kappa shape index (κ1) is 17.6. The summed E-state index contributed by atoms with van der Waals surface area (Å²) in [5.41, 5.74) is 1.31. The second-order valence-electron chi connectivity index (χ2n) is 4.55. The fourth-order valence-electron chi connectivity index (χ4n) is 2.06. The molecule has 0 saturated heterocycles. The third-order valence-corrected chi connectivity index (χ3v) is 4.71. The molecular weight excluding hydrogens is 294 g/mol. The van der Waals surface area contributed by atoms with Crippen LogP contribution in [0.25, 0.3) is 0 Å². The number of benzene rings is 1. The van der Waals surface area contributed by atoms with E-state index in [1.165, 1.54) is 0 Å². The van der Waals surface area contributed by atoms with Crippen molar-refractivity contribution in [2.75, 3.05) is 32.7 Å². The van der Waals surface area contributed by atoms with Crippen molar-refractivity contribution in [1.82, 2.24) is 5.32 Å². The lowest BCUT2D eigenvalue weighted by atomic mass is 10.1. The summed E-state index contributed by atoms with van der Waals surface area (Å²) in [5.74, 6) is 0.449. The van der Waals surface area contributed by atoms with E-state index in [1.807, 2.05) is 0 Å². The third kappa shape index (κ3) is 5.11. The van der Waals surface area contributed by atoms with Gasteiger partial charge in [-0.25, -0.2) is 8.42 Å². The van der Waals surface area contributed by atoms with Crippen LogP contribution in [0.1, 0.15) is 11.1 Å². The number of ether oxygens (including phenoxy) is 2. The summed E-state index contributed by atoms with van der Waals surface area (Å²) in [4.78, 5) is 10.3. The predicted molar refractivity (Wildman–Crippen MR) is 79.0 cm³/mol. The molecule has 117 valence electrons. The zero-order valence-electron chi connectivity index (χ0n) is 12.4. The number of nitrogens with one attached hydrogen (secondary N) is 1. The van der Waals surface area contributed by atoms with Crippen molar-refractivity contribution in [3.05, 3.63) is 23.3 Å². The summed E-state index contributed by atoms with van der Waals surface area (Å²) >= 11 is 0. The summed E-state index contributed by atoms with van der Waals surface area (Å²) in [6.07, 6.45) is 1.60. The van der Waals surface area contributed by atoms with Crippen LogP contribution in [-0.4, -0.2) is 47.4 Å². The highest BCUT2D eigenvalue weighted by atomic mass is 32.2. The summed E-state index contributed by atoms with van der Waals surface area (Å²) in [7, 11) is -1.90. The van der Waals surface area contributed by atoms with E-state index in [9.17, 15) is 13.2 Å². The maximum absolute atomic E-state index is 12.4. The van der Waals surface area contributed by atoms with Crippen LogP contribution in [0.15, 0.2) is 17.0 Å². The average molecular weight is 314 g/mol. The molecule has 0 aliphatic carbocycles. The van der Waals surface area contributed by atoms with Crippen molar-refractivity contribution in [3.63, 3.8) is 0 Å². The lowest BCUT2D eigenvalue weighted by molar-refractivity contribution is 0.172. The van der Waals surface area contributed by atoms with Gasteiger partial charge in [0, 0.05) is 6.54 Å². The maximum Gasteiger partial charge on any atom is 0.226 e. The SMILES string of the molecule is COc1cc(C)c(S(=O)(=O)CNCCOC[C]=O)c(C)c1. The number of sulfone groups is 1. The Hall–Kier alpha value is -1.44. The summed E-state index contributed by atoms with van der Waals surface area (Å²) in [6.45, 7) is 3.97. The number of aryl methyl sites for hydroxylation is 2. The number of methoxy groups -OCH3 is 1. The van der Waals surface area contributed by atoms with Crippen molar-refractivity contribution in [1.29, 1.82) is 0 Å². The summed E-state index contributed by atoms with van der Waals surface area (Å²) < 4.78 is 34.7. The molecule has 1 aromatic carbocycles. The van der Waals surface area contributed by atoms with Gasteiger partial charge in [0.05, 0.1) is 18.6 Å². The van der Waals surface area contributed by atoms with Gasteiger partial charge in [-0.15, -0.1) is 0 Å². The highest BCUT2D eigenvalue weighted by Gasteiger charge is 2.20. The predicted octanol–water partition coefficient (Wildman–Crippen LogP) is 0.759. The second-order valence-corrected chi connectivity index (χ2v) is 6.47. The van der Waals surface area contributed by atoms with Crippen molar-refractivity contribution in [3.8, 4) is 5.75 Å². The molecule has 0 heterocycles. The fraction of sp³-hybridized carbons (Fsp3) is 0.500. The van der Waals surface area contributed by atoms with Crippen molar-refractivity contribution < 1.29 is 22.7 Å². The van der Waals surface area contributed by atoms with Gasteiger partial charge in [-0.3, -0.25) is 4.79 Å². The zero-order valence-corrected chi connectivity index (χ0v) is 13.2. The Morgan fingerprint density at radius 1 is 1.24 bits per heavy atom. The van der Waals surface area contributed by atoms with Crippen LogP contribution in [0.4, 0.5) is 0 Å². The van der Waals surface area contributed by atoms with Gasteiger partial charge in [0.25, 0.3) is 0 Å². The zero-order chi connectivity index (χ0) is 15.9. The third-order valence-electron chi connectivity index (χ3n) is 2.86. The molecule has 0 aliphatic rings. The standard InChI is InChI=1S/C14H20NO5S/c1-11-8-13(19-3)9-12(2)14(11)21(17,18)10-15-4-6-20-7-5-16/h8-9,15H,4,6-7,10H2,1-3H3. The van der Waals surface area contributed by atoms with E-state index >= 15 is 0 Å². The molecule has 1 rings (SSSR count). The molecule has 6 nitrogen and oxygen atoms in total. The molecule has 1 radical (unpaired) electrons. The molecule has 0 aromatic heterocycles. The first-order valence-corrected chi connectivity index (χ1v) is 8.09. The average Bonchev–Trinajstić information content (AvgIpc) is 2.41. The van der Waals surface area contributed by atoms with Crippen LogP contribution in [0.5, 0.6) is 5.75 Å². The molecular formula is C14H20NO5S. The fourth-order valence-corrected chi connectivity index (χ4v) is 3.71. The van der Waals surface area contributed by atoms with Crippen LogP contribution in [-0.2, 0) is 19.4 Å². The second kappa shape index (κ2) is 8.11. The highest BCUT2D eigenvalue weighted by Crippen LogP contribution is 2.26. The maximum atomic E-state index is 12.4. The van der Waals surface area contributed by atoms with Gasteiger partial charge in [-0.2, -0.15) is 0 Å². The van der Waals surface area contributed by atoms with Crippen LogP contribution in [0, 0.1) is 13.8 Å². The molecule has 0 spiro atoms. The summed E-state index contributed by atoms with van der Waals surface area (Å²) in [6, 6.07) is 3.39. The Morgan fingerprint density at radius 3 is 2.38 bits per heavy atom. The normalized spacial score (nSPS) is 11.4. The van der Waals surface area contributed by atoms with Gasteiger partial charge < -0.3 is 14.8 Å². The molecule has 21 heavy (non-hydrogen) atoms. The molecule has 0 bridgehead atoms. The minimum Gasteiger partial charge on any atom is -0.497 e. The first-order chi connectivity index (χ1) is 9.92. The number of carbonyl (C=O) groups excluding carboxylic acids is 1. The Labute approximate surface area is 125 Å². The summed E-state index contributed by atoms with van der Waals surface area (Å²) in [5, 5.41) is 2.79. The van der Waals surface area contributed by atoms with Crippen molar-refractivity contribution in [2.24, 2.45) is 0 Å². The Bertz CT molecular complexity index is 560. The highest BCUT2D eigenvalue weighted by molar-refractivity contribution is 7.91. The lowest BCUT2D eigenvalue weighted by Gasteiger charge is -2.13. The molecule has 0 unspecified atom stereocenters. The number of hydrogen-bond donors (Lipinski definition) is 1. The van der Waals surface area contributed by atoms with Gasteiger partial charge in [0.15, 0.2) is 9.84 Å². The Morgan fingerprint density at radius 2 is 1.86 bits per heavy atom. The Kier molecular flexibility index (Phi) is 6.80. The van der Waals surface area contributed by atoms with Gasteiger partial charge >= 0.3 is 0 Å². The Balaban J connectivity index is 2.72.